The number of hydrogen-bond acceptors (Lipinski definition) is 4. The summed E-state index contributed by atoms with van der Waals surface area (Å²) in [7, 11) is 0. The Labute approximate surface area is 146 Å². The summed E-state index contributed by atoms with van der Waals surface area (Å²) >= 11 is 5.33. The van der Waals surface area contributed by atoms with Gasteiger partial charge >= 0.3 is 6.09 Å². The number of carbonyl (C=O) groups is 1. The third kappa shape index (κ3) is 7.61. The number of alkyl carbamates (subject to hydrolysis) is 1. The molecule has 0 radical (unpaired) electrons. The van der Waals surface area contributed by atoms with Crippen LogP contribution in [0.3, 0.4) is 0 Å². The molecule has 6 heteroatoms. The number of carbonyl (C=O) groups excluding carboxylic acids is 1. The summed E-state index contributed by atoms with van der Waals surface area (Å²) in [5, 5.41) is 6.36. The van der Waals surface area contributed by atoms with Crippen molar-refractivity contribution in [1.29, 1.82) is 0 Å². The van der Waals surface area contributed by atoms with Crippen molar-refractivity contribution in [3.8, 4) is 0 Å². The van der Waals surface area contributed by atoms with Crippen LogP contribution in [0.25, 0.3) is 0 Å². The zero-order valence-electron chi connectivity index (χ0n) is 14.1. The van der Waals surface area contributed by atoms with Gasteiger partial charge in [0.2, 0.25) is 0 Å². The van der Waals surface area contributed by atoms with Crippen LogP contribution in [0.4, 0.5) is 4.79 Å². The van der Waals surface area contributed by atoms with E-state index in [2.05, 4.69) is 46.5 Å². The van der Waals surface area contributed by atoms with E-state index in [4.69, 9.17) is 4.74 Å². The van der Waals surface area contributed by atoms with Gasteiger partial charge in [0.1, 0.15) is 5.60 Å². The molecule has 4 nitrogen and oxygen atoms in total. The van der Waals surface area contributed by atoms with Crippen molar-refractivity contribution < 1.29 is 9.53 Å². The predicted molar refractivity (Wildman–Crippen MR) is 96.5 cm³/mol. The lowest BCUT2D eigenvalue weighted by Crippen LogP contribution is -2.42. The third-order valence-electron chi connectivity index (χ3n) is 3.00. The fraction of sp³-hybridized carbons (Fsp3) is 0.688. The van der Waals surface area contributed by atoms with E-state index in [-0.39, 0.29) is 12.1 Å². The van der Waals surface area contributed by atoms with Gasteiger partial charge in [-0.1, -0.05) is 13.3 Å². The largest absolute Gasteiger partial charge is 0.444 e. The summed E-state index contributed by atoms with van der Waals surface area (Å²) < 4.78 is 6.43. The van der Waals surface area contributed by atoms with Gasteiger partial charge in [0.05, 0.1) is 0 Å². The molecule has 0 aliphatic carbocycles. The Morgan fingerprint density at radius 2 is 2.14 bits per heavy atom. The first-order valence-electron chi connectivity index (χ1n) is 7.66. The number of ether oxygens (including phenoxy) is 1. The molecule has 0 saturated heterocycles. The SMILES string of the molecule is CCCC(CNC(=O)OC(C)(C)C)NCc1cc(Br)c(C)s1. The van der Waals surface area contributed by atoms with E-state index in [9.17, 15) is 4.79 Å². The van der Waals surface area contributed by atoms with E-state index in [0.717, 1.165) is 23.9 Å². The highest BCUT2D eigenvalue weighted by molar-refractivity contribution is 9.10. The maximum atomic E-state index is 11.7. The number of nitrogens with one attached hydrogen (secondary N) is 2. The zero-order chi connectivity index (χ0) is 16.8. The zero-order valence-corrected chi connectivity index (χ0v) is 16.5. The normalized spacial score (nSPS) is 13.0. The second-order valence-electron chi connectivity index (χ2n) is 6.37. The smallest absolute Gasteiger partial charge is 0.407 e. The molecule has 0 aliphatic rings. The lowest BCUT2D eigenvalue weighted by atomic mass is 10.1. The Bertz CT molecular complexity index is 463. The fourth-order valence-electron chi connectivity index (χ4n) is 2.00. The first-order valence-corrected chi connectivity index (χ1v) is 9.27. The highest BCUT2D eigenvalue weighted by Crippen LogP contribution is 2.26. The van der Waals surface area contributed by atoms with Gasteiger partial charge in [-0.3, -0.25) is 0 Å². The molecule has 0 spiro atoms. The van der Waals surface area contributed by atoms with Crippen LogP contribution in [0.2, 0.25) is 0 Å². The summed E-state index contributed by atoms with van der Waals surface area (Å²) in [6.45, 7) is 11.2. The maximum Gasteiger partial charge on any atom is 0.407 e. The Morgan fingerprint density at radius 1 is 1.45 bits per heavy atom. The van der Waals surface area contributed by atoms with Gasteiger partial charge in [0, 0.05) is 33.4 Å². The Balaban J connectivity index is 2.43. The van der Waals surface area contributed by atoms with Crippen molar-refractivity contribution in [3.05, 3.63) is 20.3 Å². The van der Waals surface area contributed by atoms with E-state index >= 15 is 0 Å². The molecular formula is C16H27BrN2O2S. The maximum absolute atomic E-state index is 11.7. The van der Waals surface area contributed by atoms with Gasteiger partial charge in [0.15, 0.2) is 0 Å². The minimum absolute atomic E-state index is 0.249. The van der Waals surface area contributed by atoms with Crippen molar-refractivity contribution >= 4 is 33.4 Å². The van der Waals surface area contributed by atoms with E-state index in [0.29, 0.717) is 6.54 Å². The standard InChI is InChI=1S/C16H27BrN2O2S/c1-6-7-12(9-19-15(20)21-16(3,4)5)18-10-13-8-14(17)11(2)22-13/h8,12,18H,6-7,9-10H2,1-5H3,(H,19,20). The molecule has 0 saturated carbocycles. The monoisotopic (exact) mass is 390 g/mol. The summed E-state index contributed by atoms with van der Waals surface area (Å²) in [4.78, 5) is 14.3. The summed E-state index contributed by atoms with van der Waals surface area (Å²) in [5.41, 5.74) is -0.460. The number of rotatable bonds is 7. The molecule has 0 aliphatic heterocycles. The van der Waals surface area contributed by atoms with Crippen LogP contribution >= 0.6 is 27.3 Å². The summed E-state index contributed by atoms with van der Waals surface area (Å²) in [6, 6.07) is 2.40. The predicted octanol–water partition coefficient (Wildman–Crippen LogP) is 4.60. The Morgan fingerprint density at radius 3 is 2.64 bits per heavy atom. The van der Waals surface area contributed by atoms with Crippen LogP contribution < -0.4 is 10.6 Å². The van der Waals surface area contributed by atoms with Gasteiger partial charge in [-0.05, 0) is 56.1 Å². The fourth-order valence-corrected chi connectivity index (χ4v) is 3.55. The second kappa shape index (κ2) is 8.89. The van der Waals surface area contributed by atoms with Crippen molar-refractivity contribution in [1.82, 2.24) is 10.6 Å². The first-order chi connectivity index (χ1) is 10.2. The lowest BCUT2D eigenvalue weighted by Gasteiger charge is -2.22. The lowest BCUT2D eigenvalue weighted by molar-refractivity contribution is 0.0521. The van der Waals surface area contributed by atoms with E-state index < -0.39 is 5.60 Å². The molecule has 1 aromatic rings. The van der Waals surface area contributed by atoms with E-state index in [1.807, 2.05) is 20.8 Å². The van der Waals surface area contributed by atoms with Gasteiger partial charge in [-0.25, -0.2) is 4.79 Å². The van der Waals surface area contributed by atoms with E-state index in [1.165, 1.54) is 9.75 Å². The topological polar surface area (TPSA) is 50.4 Å². The number of hydrogen-bond donors (Lipinski definition) is 2. The van der Waals surface area contributed by atoms with Crippen LogP contribution in [0.15, 0.2) is 10.5 Å². The van der Waals surface area contributed by atoms with Crippen molar-refractivity contribution in [2.24, 2.45) is 0 Å². The molecule has 1 rings (SSSR count). The summed E-state index contributed by atoms with van der Waals surface area (Å²) in [5.74, 6) is 0. The number of halogens is 1. The first kappa shape index (κ1) is 19.5. The molecule has 0 aromatic carbocycles. The second-order valence-corrected chi connectivity index (χ2v) is 8.56. The highest BCUT2D eigenvalue weighted by Gasteiger charge is 2.17. The third-order valence-corrected chi connectivity index (χ3v) is 5.14. The Hall–Kier alpha value is -0.590. The van der Waals surface area contributed by atoms with Crippen LogP contribution in [0.5, 0.6) is 0 Å². The quantitative estimate of drug-likeness (QED) is 0.714. The molecule has 1 aromatic heterocycles. The van der Waals surface area contributed by atoms with Gasteiger partial charge in [-0.15, -0.1) is 11.3 Å². The molecule has 1 atom stereocenters. The molecule has 126 valence electrons. The minimum Gasteiger partial charge on any atom is -0.444 e. The molecule has 1 amide bonds. The molecule has 1 unspecified atom stereocenters. The van der Waals surface area contributed by atoms with E-state index in [1.54, 1.807) is 11.3 Å². The average Bonchev–Trinajstić information content (AvgIpc) is 2.70. The average molecular weight is 391 g/mol. The molecule has 22 heavy (non-hydrogen) atoms. The molecule has 2 N–H and O–H groups in total. The Kier molecular flexibility index (Phi) is 7.86. The molecule has 0 bridgehead atoms. The van der Waals surface area contributed by atoms with Gasteiger partial charge < -0.3 is 15.4 Å². The van der Waals surface area contributed by atoms with Crippen molar-refractivity contribution in [2.45, 2.75) is 65.6 Å². The minimum atomic E-state index is -0.460. The van der Waals surface area contributed by atoms with Crippen LogP contribution in [-0.2, 0) is 11.3 Å². The van der Waals surface area contributed by atoms with Crippen LogP contribution in [0.1, 0.15) is 50.3 Å². The van der Waals surface area contributed by atoms with Gasteiger partial charge in [-0.2, -0.15) is 0 Å². The van der Waals surface area contributed by atoms with Crippen LogP contribution in [0, 0.1) is 6.92 Å². The van der Waals surface area contributed by atoms with Crippen molar-refractivity contribution in [2.75, 3.05) is 6.54 Å². The molecule has 1 heterocycles. The highest BCUT2D eigenvalue weighted by atomic mass is 79.9. The number of amides is 1. The number of thiophene rings is 1. The van der Waals surface area contributed by atoms with Crippen LogP contribution in [-0.4, -0.2) is 24.3 Å². The van der Waals surface area contributed by atoms with Crippen molar-refractivity contribution in [3.63, 3.8) is 0 Å². The number of aryl methyl sites for hydroxylation is 1. The molecule has 0 fully saturated rings. The molecular weight excluding hydrogens is 364 g/mol. The van der Waals surface area contributed by atoms with Gasteiger partial charge in [0.25, 0.3) is 0 Å². The summed E-state index contributed by atoms with van der Waals surface area (Å²) in [6.07, 6.45) is 1.73.